The van der Waals surface area contributed by atoms with E-state index < -0.39 is 0 Å². The monoisotopic (exact) mass is 258 g/mol. The zero-order valence-corrected chi connectivity index (χ0v) is 11.2. The molecule has 1 N–H and O–H groups in total. The molecule has 0 saturated carbocycles. The molecule has 0 atom stereocenters. The topological polar surface area (TPSA) is 43.4 Å². The summed E-state index contributed by atoms with van der Waals surface area (Å²) >= 11 is 0. The molecule has 19 heavy (non-hydrogen) atoms. The molecule has 2 rings (SSSR count). The van der Waals surface area contributed by atoms with Crippen molar-refractivity contribution in [3.05, 3.63) is 48.3 Å². The van der Waals surface area contributed by atoms with E-state index in [1.54, 1.807) is 13.3 Å². The lowest BCUT2D eigenvalue weighted by molar-refractivity contribution is 0.409. The molecule has 4 nitrogen and oxygen atoms in total. The van der Waals surface area contributed by atoms with Gasteiger partial charge in [-0.3, -0.25) is 4.98 Å². The Kier molecular flexibility index (Phi) is 4.75. The van der Waals surface area contributed by atoms with E-state index in [9.17, 15) is 0 Å². The molecule has 0 aliphatic heterocycles. The lowest BCUT2D eigenvalue weighted by Crippen LogP contribution is -2.11. The highest BCUT2D eigenvalue weighted by atomic mass is 16.5. The van der Waals surface area contributed by atoms with E-state index in [4.69, 9.17) is 9.47 Å². The number of benzene rings is 1. The second-order valence-electron chi connectivity index (χ2n) is 4.09. The number of rotatable bonds is 6. The van der Waals surface area contributed by atoms with Gasteiger partial charge < -0.3 is 14.8 Å². The molecule has 1 aromatic carbocycles. The predicted molar refractivity (Wildman–Crippen MR) is 74.7 cm³/mol. The van der Waals surface area contributed by atoms with Crippen molar-refractivity contribution in [2.45, 2.75) is 13.5 Å². The van der Waals surface area contributed by atoms with Crippen molar-refractivity contribution in [3.8, 4) is 17.2 Å². The van der Waals surface area contributed by atoms with Gasteiger partial charge in [0.1, 0.15) is 17.2 Å². The first-order valence-corrected chi connectivity index (χ1v) is 6.28. The molecule has 2 aromatic rings. The number of ether oxygens (including phenoxy) is 2. The third-order valence-corrected chi connectivity index (χ3v) is 2.63. The minimum atomic E-state index is 0.726. The van der Waals surface area contributed by atoms with Gasteiger partial charge in [-0.05, 0) is 30.3 Å². The molecule has 1 aromatic heterocycles. The highest BCUT2D eigenvalue weighted by Gasteiger charge is 2.01. The van der Waals surface area contributed by atoms with Crippen LogP contribution in [0.4, 0.5) is 0 Å². The Morgan fingerprint density at radius 2 is 1.95 bits per heavy atom. The Morgan fingerprint density at radius 3 is 2.74 bits per heavy atom. The Labute approximate surface area is 113 Å². The average molecular weight is 258 g/mol. The van der Waals surface area contributed by atoms with Crippen molar-refractivity contribution in [2.24, 2.45) is 0 Å². The summed E-state index contributed by atoms with van der Waals surface area (Å²) in [5.41, 5.74) is 1.10. The number of nitrogens with one attached hydrogen (secondary N) is 1. The van der Waals surface area contributed by atoms with Crippen LogP contribution in [0.25, 0.3) is 0 Å². The van der Waals surface area contributed by atoms with Gasteiger partial charge in [-0.2, -0.15) is 0 Å². The lowest BCUT2D eigenvalue weighted by Gasteiger charge is -2.08. The van der Waals surface area contributed by atoms with E-state index in [-0.39, 0.29) is 0 Å². The molecule has 0 bridgehead atoms. The van der Waals surface area contributed by atoms with E-state index in [2.05, 4.69) is 17.2 Å². The first-order chi connectivity index (χ1) is 9.31. The summed E-state index contributed by atoms with van der Waals surface area (Å²) in [6, 6.07) is 9.49. The Balaban J connectivity index is 2.09. The van der Waals surface area contributed by atoms with E-state index in [0.717, 1.165) is 35.9 Å². The minimum Gasteiger partial charge on any atom is -0.497 e. The fourth-order valence-electron chi connectivity index (χ4n) is 1.69. The van der Waals surface area contributed by atoms with Crippen molar-refractivity contribution >= 4 is 0 Å². The normalized spacial score (nSPS) is 10.2. The Hall–Kier alpha value is -2.07. The summed E-state index contributed by atoms with van der Waals surface area (Å²) in [7, 11) is 1.64. The number of pyridine rings is 1. The SMILES string of the molecule is CCNCc1cncc(Oc2cccc(OC)c2)c1. The first-order valence-electron chi connectivity index (χ1n) is 6.28. The largest absolute Gasteiger partial charge is 0.497 e. The van der Waals surface area contributed by atoms with Crippen LogP contribution >= 0.6 is 0 Å². The average Bonchev–Trinajstić information content (AvgIpc) is 2.46. The molecule has 0 radical (unpaired) electrons. The zero-order valence-electron chi connectivity index (χ0n) is 11.2. The number of nitrogens with zero attached hydrogens (tertiary/aromatic N) is 1. The Morgan fingerprint density at radius 1 is 1.11 bits per heavy atom. The molecule has 0 fully saturated rings. The third-order valence-electron chi connectivity index (χ3n) is 2.63. The molecule has 1 heterocycles. The quantitative estimate of drug-likeness (QED) is 0.865. The molecule has 100 valence electrons. The summed E-state index contributed by atoms with van der Waals surface area (Å²) < 4.78 is 10.9. The van der Waals surface area contributed by atoms with Crippen molar-refractivity contribution in [3.63, 3.8) is 0 Å². The van der Waals surface area contributed by atoms with Gasteiger partial charge in [0.2, 0.25) is 0 Å². The summed E-state index contributed by atoms with van der Waals surface area (Å²) in [6.45, 7) is 3.80. The fourth-order valence-corrected chi connectivity index (χ4v) is 1.69. The lowest BCUT2D eigenvalue weighted by atomic mass is 10.2. The van der Waals surface area contributed by atoms with Crippen LogP contribution in [-0.4, -0.2) is 18.6 Å². The second kappa shape index (κ2) is 6.75. The summed E-state index contributed by atoms with van der Waals surface area (Å²) in [6.07, 6.45) is 3.54. The number of hydrogen-bond donors (Lipinski definition) is 1. The van der Waals surface area contributed by atoms with Crippen LogP contribution in [0.5, 0.6) is 17.2 Å². The minimum absolute atomic E-state index is 0.726. The molecule has 0 aliphatic rings. The van der Waals surface area contributed by atoms with Crippen molar-refractivity contribution < 1.29 is 9.47 Å². The fraction of sp³-hybridized carbons (Fsp3) is 0.267. The van der Waals surface area contributed by atoms with Crippen LogP contribution in [0, 0.1) is 0 Å². The summed E-state index contributed by atoms with van der Waals surface area (Å²) in [5.74, 6) is 2.24. The third kappa shape index (κ3) is 3.96. The van der Waals surface area contributed by atoms with Crippen molar-refractivity contribution in [2.75, 3.05) is 13.7 Å². The van der Waals surface area contributed by atoms with Crippen LogP contribution in [0.1, 0.15) is 12.5 Å². The maximum absolute atomic E-state index is 5.77. The predicted octanol–water partition coefficient (Wildman–Crippen LogP) is 2.99. The molecule has 4 heteroatoms. The van der Waals surface area contributed by atoms with E-state index in [1.165, 1.54) is 0 Å². The number of aromatic nitrogens is 1. The molecule has 0 saturated heterocycles. The number of hydrogen-bond acceptors (Lipinski definition) is 4. The van der Waals surface area contributed by atoms with Gasteiger partial charge in [-0.1, -0.05) is 13.0 Å². The standard InChI is InChI=1S/C15H18N2O2/c1-3-16-9-12-7-15(11-17-10-12)19-14-6-4-5-13(8-14)18-2/h4-8,10-11,16H,3,9H2,1-2H3. The van der Waals surface area contributed by atoms with Gasteiger partial charge >= 0.3 is 0 Å². The smallest absolute Gasteiger partial charge is 0.146 e. The Bertz CT molecular complexity index is 529. The van der Waals surface area contributed by atoms with E-state index in [0.29, 0.717) is 0 Å². The highest BCUT2D eigenvalue weighted by Crippen LogP contribution is 2.24. The van der Waals surface area contributed by atoms with Crippen LogP contribution < -0.4 is 14.8 Å². The van der Waals surface area contributed by atoms with Crippen LogP contribution in [0.2, 0.25) is 0 Å². The van der Waals surface area contributed by atoms with Crippen LogP contribution in [0.15, 0.2) is 42.7 Å². The van der Waals surface area contributed by atoms with Crippen LogP contribution in [-0.2, 0) is 6.54 Å². The van der Waals surface area contributed by atoms with Crippen molar-refractivity contribution in [1.29, 1.82) is 0 Å². The van der Waals surface area contributed by atoms with Gasteiger partial charge in [-0.25, -0.2) is 0 Å². The van der Waals surface area contributed by atoms with Gasteiger partial charge in [0, 0.05) is 18.8 Å². The van der Waals surface area contributed by atoms with Gasteiger partial charge in [0.05, 0.1) is 13.3 Å². The number of methoxy groups -OCH3 is 1. The summed E-state index contributed by atoms with van der Waals surface area (Å²) in [4.78, 5) is 4.18. The van der Waals surface area contributed by atoms with E-state index >= 15 is 0 Å². The maximum atomic E-state index is 5.77. The molecular formula is C15H18N2O2. The first kappa shape index (κ1) is 13.4. The van der Waals surface area contributed by atoms with Gasteiger partial charge in [0.25, 0.3) is 0 Å². The maximum Gasteiger partial charge on any atom is 0.146 e. The highest BCUT2D eigenvalue weighted by molar-refractivity contribution is 5.36. The molecular weight excluding hydrogens is 240 g/mol. The van der Waals surface area contributed by atoms with Crippen LogP contribution in [0.3, 0.4) is 0 Å². The summed E-state index contributed by atoms with van der Waals surface area (Å²) in [5, 5.41) is 3.26. The zero-order chi connectivity index (χ0) is 13.5. The molecule has 0 aliphatic carbocycles. The van der Waals surface area contributed by atoms with Gasteiger partial charge in [0.15, 0.2) is 0 Å². The van der Waals surface area contributed by atoms with Gasteiger partial charge in [-0.15, -0.1) is 0 Å². The molecule has 0 unspecified atom stereocenters. The second-order valence-corrected chi connectivity index (χ2v) is 4.09. The molecule has 0 amide bonds. The molecule has 0 spiro atoms. The van der Waals surface area contributed by atoms with Crippen molar-refractivity contribution in [1.82, 2.24) is 10.3 Å². The van der Waals surface area contributed by atoms with E-state index in [1.807, 2.05) is 36.5 Å².